The van der Waals surface area contributed by atoms with E-state index in [1.165, 1.54) is 5.56 Å². The summed E-state index contributed by atoms with van der Waals surface area (Å²) < 4.78 is 0. The second kappa shape index (κ2) is 11.6. The molecule has 1 rings (SSSR count). The van der Waals surface area contributed by atoms with Gasteiger partial charge in [-0.3, -0.25) is 4.99 Å². The van der Waals surface area contributed by atoms with Crippen molar-refractivity contribution in [2.24, 2.45) is 10.9 Å². The zero-order chi connectivity index (χ0) is 15.4. The standard InChI is InChI=1S/C12H16BN.C3H4.C2H6/c1-8(2)12(14-4)10-6-5-7-11(13)9(10)3;1-3-2;1-2/h5-8H,1-4H3;1H,2H3;1-2H3. The van der Waals surface area contributed by atoms with Crippen LogP contribution in [-0.4, -0.2) is 20.6 Å². The van der Waals surface area contributed by atoms with Crippen molar-refractivity contribution in [3.05, 3.63) is 29.3 Å². The van der Waals surface area contributed by atoms with Crippen LogP contribution in [0.2, 0.25) is 0 Å². The highest BCUT2D eigenvalue weighted by molar-refractivity contribution is 6.34. The highest BCUT2D eigenvalue weighted by Crippen LogP contribution is 2.12. The Morgan fingerprint density at radius 1 is 1.32 bits per heavy atom. The SMILES string of the molecule is C#CC.CC.[B]c1cccc(C(=NC)C(C)C)c1C. The molecule has 0 unspecified atom stereocenters. The monoisotopic (exact) mass is 255 g/mol. The molecule has 0 aliphatic rings. The Labute approximate surface area is 121 Å². The number of benzene rings is 1. The van der Waals surface area contributed by atoms with Gasteiger partial charge in [0, 0.05) is 12.8 Å². The molecule has 0 aliphatic carbocycles. The van der Waals surface area contributed by atoms with E-state index in [2.05, 4.69) is 37.3 Å². The maximum Gasteiger partial charge on any atom is 0.114 e. The van der Waals surface area contributed by atoms with E-state index >= 15 is 0 Å². The Kier molecular flexibility index (Phi) is 12.1. The van der Waals surface area contributed by atoms with Gasteiger partial charge in [0.15, 0.2) is 0 Å². The number of terminal acetylenes is 1. The summed E-state index contributed by atoms with van der Waals surface area (Å²) in [5, 5.41) is 0. The molecule has 102 valence electrons. The van der Waals surface area contributed by atoms with Gasteiger partial charge in [0.1, 0.15) is 7.85 Å². The molecule has 1 aromatic carbocycles. The smallest absolute Gasteiger partial charge is 0.114 e. The van der Waals surface area contributed by atoms with Gasteiger partial charge in [-0.05, 0) is 30.9 Å². The van der Waals surface area contributed by atoms with E-state index in [1.807, 2.05) is 40.0 Å². The van der Waals surface area contributed by atoms with Crippen molar-refractivity contribution in [1.82, 2.24) is 0 Å². The second-order valence-electron chi connectivity index (χ2n) is 4.07. The van der Waals surface area contributed by atoms with Crippen molar-refractivity contribution in [3.8, 4) is 12.3 Å². The van der Waals surface area contributed by atoms with Gasteiger partial charge in [0.05, 0.1) is 0 Å². The number of aliphatic imine (C=N–C) groups is 1. The number of rotatable bonds is 2. The lowest BCUT2D eigenvalue weighted by molar-refractivity contribution is 0.881. The minimum Gasteiger partial charge on any atom is -0.292 e. The highest BCUT2D eigenvalue weighted by atomic mass is 14.7. The summed E-state index contributed by atoms with van der Waals surface area (Å²) >= 11 is 0. The molecule has 0 heterocycles. The second-order valence-corrected chi connectivity index (χ2v) is 4.07. The highest BCUT2D eigenvalue weighted by Gasteiger charge is 2.10. The summed E-state index contributed by atoms with van der Waals surface area (Å²) in [5.74, 6) is 2.68. The molecule has 2 radical (unpaired) electrons. The molecule has 0 saturated carbocycles. The molecule has 0 fully saturated rings. The third kappa shape index (κ3) is 6.86. The molecular formula is C17H26BN. The average Bonchev–Trinajstić information content (AvgIpc) is 2.38. The van der Waals surface area contributed by atoms with Crippen molar-refractivity contribution in [3.63, 3.8) is 0 Å². The van der Waals surface area contributed by atoms with Gasteiger partial charge in [0.25, 0.3) is 0 Å². The third-order valence-corrected chi connectivity index (χ3v) is 2.44. The van der Waals surface area contributed by atoms with Crippen molar-refractivity contribution in [2.75, 3.05) is 7.05 Å². The molecule has 2 heteroatoms. The minimum absolute atomic E-state index is 0.431. The van der Waals surface area contributed by atoms with E-state index in [9.17, 15) is 0 Å². The predicted octanol–water partition coefficient (Wildman–Crippen LogP) is 3.53. The minimum atomic E-state index is 0.431. The molecule has 0 atom stereocenters. The van der Waals surface area contributed by atoms with Gasteiger partial charge < -0.3 is 0 Å². The Morgan fingerprint density at radius 3 is 2.16 bits per heavy atom. The maximum atomic E-state index is 5.86. The Morgan fingerprint density at radius 2 is 1.79 bits per heavy atom. The van der Waals surface area contributed by atoms with E-state index in [4.69, 9.17) is 7.85 Å². The van der Waals surface area contributed by atoms with Gasteiger partial charge >= 0.3 is 0 Å². The zero-order valence-electron chi connectivity index (χ0n) is 13.4. The number of hydrogen-bond acceptors (Lipinski definition) is 1. The molecular weight excluding hydrogens is 229 g/mol. The van der Waals surface area contributed by atoms with E-state index in [-0.39, 0.29) is 0 Å². The van der Waals surface area contributed by atoms with Crippen molar-refractivity contribution >= 4 is 19.0 Å². The lowest BCUT2D eigenvalue weighted by atomic mass is 9.85. The fraction of sp³-hybridized carbons (Fsp3) is 0.471. The van der Waals surface area contributed by atoms with Crippen LogP contribution < -0.4 is 5.46 Å². The quantitative estimate of drug-likeness (QED) is 0.435. The van der Waals surface area contributed by atoms with Crippen LogP contribution in [0.15, 0.2) is 23.2 Å². The molecule has 1 aromatic rings. The first-order chi connectivity index (χ1) is 8.99. The third-order valence-electron chi connectivity index (χ3n) is 2.44. The van der Waals surface area contributed by atoms with Gasteiger partial charge in [0.2, 0.25) is 0 Å². The first kappa shape index (κ1) is 19.8. The topological polar surface area (TPSA) is 12.4 Å². The van der Waals surface area contributed by atoms with Crippen molar-refractivity contribution < 1.29 is 0 Å². The Balaban J connectivity index is 0. The average molecular weight is 255 g/mol. The summed E-state index contributed by atoms with van der Waals surface area (Å²) in [6.07, 6.45) is 4.60. The first-order valence-corrected chi connectivity index (χ1v) is 6.69. The van der Waals surface area contributed by atoms with Gasteiger partial charge in [-0.1, -0.05) is 51.4 Å². The van der Waals surface area contributed by atoms with Crippen LogP contribution in [0.5, 0.6) is 0 Å². The summed E-state index contributed by atoms with van der Waals surface area (Å²) in [6, 6.07) is 5.98. The fourth-order valence-electron chi connectivity index (χ4n) is 1.62. The van der Waals surface area contributed by atoms with Crippen LogP contribution in [0.4, 0.5) is 0 Å². The largest absolute Gasteiger partial charge is 0.292 e. The Bertz CT molecular complexity index is 425. The van der Waals surface area contributed by atoms with E-state index in [0.29, 0.717) is 5.92 Å². The number of nitrogens with zero attached hydrogens (tertiary/aromatic N) is 1. The maximum absolute atomic E-state index is 5.86. The van der Waals surface area contributed by atoms with E-state index in [0.717, 1.165) is 16.7 Å². The summed E-state index contributed by atoms with van der Waals surface area (Å²) in [5.41, 5.74) is 4.25. The van der Waals surface area contributed by atoms with Gasteiger partial charge in [-0.2, -0.15) is 0 Å². The van der Waals surface area contributed by atoms with Crippen LogP contribution in [0, 0.1) is 25.2 Å². The van der Waals surface area contributed by atoms with Crippen molar-refractivity contribution in [1.29, 1.82) is 0 Å². The zero-order valence-corrected chi connectivity index (χ0v) is 13.4. The van der Waals surface area contributed by atoms with Gasteiger partial charge in [-0.25, -0.2) is 0 Å². The van der Waals surface area contributed by atoms with Crippen LogP contribution in [0.3, 0.4) is 0 Å². The molecule has 0 amide bonds. The Hall–Kier alpha value is -1.49. The van der Waals surface area contributed by atoms with Crippen LogP contribution in [0.1, 0.15) is 45.7 Å². The van der Waals surface area contributed by atoms with E-state index < -0.39 is 0 Å². The molecule has 0 aliphatic heterocycles. The first-order valence-electron chi connectivity index (χ1n) is 6.69. The van der Waals surface area contributed by atoms with Crippen molar-refractivity contribution in [2.45, 2.75) is 41.5 Å². The summed E-state index contributed by atoms with van der Waals surface area (Å²) in [6.45, 7) is 12.0. The summed E-state index contributed by atoms with van der Waals surface area (Å²) in [7, 11) is 7.69. The predicted molar refractivity (Wildman–Crippen MR) is 89.7 cm³/mol. The van der Waals surface area contributed by atoms with Crippen LogP contribution in [-0.2, 0) is 0 Å². The molecule has 0 saturated heterocycles. The van der Waals surface area contributed by atoms with Crippen LogP contribution in [0.25, 0.3) is 0 Å². The molecule has 0 N–H and O–H groups in total. The lowest BCUT2D eigenvalue weighted by Gasteiger charge is -2.14. The fourth-order valence-corrected chi connectivity index (χ4v) is 1.62. The lowest BCUT2D eigenvalue weighted by Crippen LogP contribution is -2.17. The normalized spacial score (nSPS) is 9.74. The number of hydrogen-bond donors (Lipinski definition) is 0. The molecule has 19 heavy (non-hydrogen) atoms. The molecule has 1 nitrogen and oxygen atoms in total. The molecule has 0 spiro atoms. The summed E-state index contributed by atoms with van der Waals surface area (Å²) in [4.78, 5) is 4.32. The van der Waals surface area contributed by atoms with Crippen LogP contribution >= 0.6 is 0 Å². The molecule has 0 aromatic heterocycles. The van der Waals surface area contributed by atoms with Gasteiger partial charge in [-0.15, -0.1) is 12.3 Å². The molecule has 0 bridgehead atoms. The van der Waals surface area contributed by atoms with E-state index in [1.54, 1.807) is 6.92 Å².